The van der Waals surface area contributed by atoms with Gasteiger partial charge in [0.05, 0.1) is 11.6 Å². The van der Waals surface area contributed by atoms with Gasteiger partial charge in [0.1, 0.15) is 0 Å². The lowest BCUT2D eigenvalue weighted by Gasteiger charge is -2.15. The third-order valence-corrected chi connectivity index (χ3v) is 3.37. The molecule has 2 aromatic rings. The molecule has 0 aliphatic carbocycles. The van der Waals surface area contributed by atoms with Crippen LogP contribution in [0.2, 0.25) is 0 Å². The second kappa shape index (κ2) is 6.17. The van der Waals surface area contributed by atoms with E-state index in [-0.39, 0.29) is 0 Å². The Morgan fingerprint density at radius 2 is 1.79 bits per heavy atom. The standard InChI is InChI=1S/C17H18N2/c1-3-17(19-2)16-9-5-8-15(11-16)14-7-4-6-13(10-14)12-18/h4-11,17,19H,3H2,1-2H3. The van der Waals surface area contributed by atoms with E-state index < -0.39 is 0 Å². The SMILES string of the molecule is CCC(NC)c1cccc(-c2cccc(C#N)c2)c1. The van der Waals surface area contributed by atoms with Crippen molar-refractivity contribution in [2.24, 2.45) is 0 Å². The summed E-state index contributed by atoms with van der Waals surface area (Å²) in [6.07, 6.45) is 1.05. The Bertz CT molecular complexity index is 592. The van der Waals surface area contributed by atoms with Crippen LogP contribution < -0.4 is 5.32 Å². The largest absolute Gasteiger partial charge is 0.313 e. The quantitative estimate of drug-likeness (QED) is 0.893. The summed E-state index contributed by atoms with van der Waals surface area (Å²) in [6.45, 7) is 2.17. The van der Waals surface area contributed by atoms with Crippen LogP contribution >= 0.6 is 0 Å². The molecule has 0 radical (unpaired) electrons. The molecule has 0 saturated carbocycles. The molecule has 2 aromatic carbocycles. The van der Waals surface area contributed by atoms with Gasteiger partial charge in [-0.1, -0.05) is 37.3 Å². The summed E-state index contributed by atoms with van der Waals surface area (Å²) in [5.74, 6) is 0. The van der Waals surface area contributed by atoms with Crippen LogP contribution in [0, 0.1) is 11.3 Å². The topological polar surface area (TPSA) is 35.8 Å². The maximum absolute atomic E-state index is 8.97. The molecule has 0 amide bonds. The minimum atomic E-state index is 0.374. The first kappa shape index (κ1) is 13.3. The summed E-state index contributed by atoms with van der Waals surface area (Å²) in [7, 11) is 1.98. The van der Waals surface area contributed by atoms with Gasteiger partial charge in [0.2, 0.25) is 0 Å². The van der Waals surface area contributed by atoms with Crippen molar-refractivity contribution in [3.63, 3.8) is 0 Å². The summed E-state index contributed by atoms with van der Waals surface area (Å²) < 4.78 is 0. The number of nitrogens with zero attached hydrogens (tertiary/aromatic N) is 1. The molecule has 19 heavy (non-hydrogen) atoms. The van der Waals surface area contributed by atoms with Crippen molar-refractivity contribution >= 4 is 0 Å². The average Bonchev–Trinajstić information content (AvgIpc) is 2.49. The molecular weight excluding hydrogens is 232 g/mol. The summed E-state index contributed by atoms with van der Waals surface area (Å²) >= 11 is 0. The monoisotopic (exact) mass is 250 g/mol. The third kappa shape index (κ3) is 3.01. The second-order valence-electron chi connectivity index (χ2n) is 4.57. The summed E-state index contributed by atoms with van der Waals surface area (Å²) in [5, 5.41) is 12.3. The molecule has 2 nitrogen and oxygen atoms in total. The van der Waals surface area contributed by atoms with Crippen LogP contribution in [-0.2, 0) is 0 Å². The molecule has 0 aliphatic heterocycles. The van der Waals surface area contributed by atoms with E-state index in [9.17, 15) is 0 Å². The molecular formula is C17H18N2. The van der Waals surface area contributed by atoms with Crippen molar-refractivity contribution in [3.05, 3.63) is 59.7 Å². The molecule has 0 aliphatic rings. The normalized spacial score (nSPS) is 11.8. The Morgan fingerprint density at radius 3 is 2.42 bits per heavy atom. The summed E-state index contributed by atoms with van der Waals surface area (Å²) in [5.41, 5.74) is 4.23. The van der Waals surface area contributed by atoms with Gasteiger partial charge in [-0.2, -0.15) is 5.26 Å². The van der Waals surface area contributed by atoms with E-state index in [0.29, 0.717) is 11.6 Å². The molecule has 0 fully saturated rings. The number of hydrogen-bond acceptors (Lipinski definition) is 2. The fraction of sp³-hybridized carbons (Fsp3) is 0.235. The van der Waals surface area contributed by atoms with E-state index in [2.05, 4.69) is 42.6 Å². The highest BCUT2D eigenvalue weighted by Crippen LogP contribution is 2.25. The molecule has 0 heterocycles. The Morgan fingerprint density at radius 1 is 1.11 bits per heavy atom. The van der Waals surface area contributed by atoms with Gasteiger partial charge in [0.25, 0.3) is 0 Å². The van der Waals surface area contributed by atoms with E-state index in [4.69, 9.17) is 5.26 Å². The Kier molecular flexibility index (Phi) is 4.33. The number of hydrogen-bond donors (Lipinski definition) is 1. The van der Waals surface area contributed by atoms with E-state index in [0.717, 1.165) is 17.5 Å². The molecule has 96 valence electrons. The van der Waals surface area contributed by atoms with Crippen LogP contribution in [0.3, 0.4) is 0 Å². The van der Waals surface area contributed by atoms with Gasteiger partial charge in [0, 0.05) is 6.04 Å². The number of nitrogens with one attached hydrogen (secondary N) is 1. The van der Waals surface area contributed by atoms with Gasteiger partial charge < -0.3 is 5.32 Å². The number of rotatable bonds is 4. The second-order valence-corrected chi connectivity index (χ2v) is 4.57. The molecule has 1 N–H and O–H groups in total. The first-order valence-electron chi connectivity index (χ1n) is 6.56. The molecule has 0 spiro atoms. The van der Waals surface area contributed by atoms with Crippen LogP contribution in [0.5, 0.6) is 0 Å². The van der Waals surface area contributed by atoms with E-state index in [1.165, 1.54) is 5.56 Å². The molecule has 0 aromatic heterocycles. The van der Waals surface area contributed by atoms with Gasteiger partial charge in [-0.3, -0.25) is 0 Å². The highest BCUT2D eigenvalue weighted by molar-refractivity contribution is 5.66. The molecule has 2 rings (SSSR count). The van der Waals surface area contributed by atoms with Crippen molar-refractivity contribution in [2.75, 3.05) is 7.05 Å². The fourth-order valence-electron chi connectivity index (χ4n) is 2.31. The van der Waals surface area contributed by atoms with Crippen LogP contribution in [0.1, 0.15) is 30.5 Å². The molecule has 0 saturated heterocycles. The lowest BCUT2D eigenvalue weighted by atomic mass is 9.97. The minimum Gasteiger partial charge on any atom is -0.313 e. The van der Waals surface area contributed by atoms with Crippen molar-refractivity contribution in [1.29, 1.82) is 5.26 Å². The Labute approximate surface area is 114 Å². The van der Waals surface area contributed by atoms with Gasteiger partial charge in [-0.15, -0.1) is 0 Å². The number of nitriles is 1. The molecule has 0 bridgehead atoms. The zero-order valence-electron chi connectivity index (χ0n) is 11.4. The van der Waals surface area contributed by atoms with E-state index in [1.807, 2.05) is 31.3 Å². The van der Waals surface area contributed by atoms with Gasteiger partial charge in [-0.25, -0.2) is 0 Å². The Balaban J connectivity index is 2.40. The van der Waals surface area contributed by atoms with Crippen LogP contribution in [0.25, 0.3) is 11.1 Å². The molecule has 1 atom stereocenters. The van der Waals surface area contributed by atoms with Crippen LogP contribution in [0.15, 0.2) is 48.5 Å². The van der Waals surface area contributed by atoms with Gasteiger partial charge in [0.15, 0.2) is 0 Å². The summed E-state index contributed by atoms with van der Waals surface area (Å²) in [6, 6.07) is 18.8. The maximum Gasteiger partial charge on any atom is 0.0991 e. The first-order valence-corrected chi connectivity index (χ1v) is 6.56. The average molecular weight is 250 g/mol. The van der Waals surface area contributed by atoms with E-state index >= 15 is 0 Å². The van der Waals surface area contributed by atoms with Crippen molar-refractivity contribution < 1.29 is 0 Å². The van der Waals surface area contributed by atoms with E-state index in [1.54, 1.807) is 0 Å². The lowest BCUT2D eigenvalue weighted by molar-refractivity contribution is 0.577. The van der Waals surface area contributed by atoms with Gasteiger partial charge >= 0.3 is 0 Å². The van der Waals surface area contributed by atoms with Crippen LogP contribution in [0.4, 0.5) is 0 Å². The minimum absolute atomic E-state index is 0.374. The smallest absolute Gasteiger partial charge is 0.0991 e. The summed E-state index contributed by atoms with van der Waals surface area (Å²) in [4.78, 5) is 0. The predicted molar refractivity (Wildman–Crippen MR) is 78.7 cm³/mol. The van der Waals surface area contributed by atoms with Crippen molar-refractivity contribution in [2.45, 2.75) is 19.4 Å². The van der Waals surface area contributed by atoms with Gasteiger partial charge in [-0.05, 0) is 48.4 Å². The Hall–Kier alpha value is -2.11. The van der Waals surface area contributed by atoms with Crippen molar-refractivity contribution in [3.8, 4) is 17.2 Å². The highest BCUT2D eigenvalue weighted by atomic mass is 14.9. The lowest BCUT2D eigenvalue weighted by Crippen LogP contribution is -2.15. The maximum atomic E-state index is 8.97. The van der Waals surface area contributed by atoms with Crippen LogP contribution in [-0.4, -0.2) is 7.05 Å². The fourth-order valence-corrected chi connectivity index (χ4v) is 2.31. The first-order chi connectivity index (χ1) is 9.28. The highest BCUT2D eigenvalue weighted by Gasteiger charge is 2.07. The molecule has 1 unspecified atom stereocenters. The zero-order valence-corrected chi connectivity index (χ0v) is 11.4. The molecule has 2 heteroatoms. The van der Waals surface area contributed by atoms with Crippen molar-refractivity contribution in [1.82, 2.24) is 5.32 Å². The number of benzene rings is 2. The zero-order chi connectivity index (χ0) is 13.7. The predicted octanol–water partition coefficient (Wildman–Crippen LogP) is 3.90. The third-order valence-electron chi connectivity index (χ3n) is 3.37.